The molecule has 0 bridgehead atoms. The molecule has 3 nitrogen and oxygen atoms in total. The van der Waals surface area contributed by atoms with Crippen molar-refractivity contribution < 1.29 is 4.39 Å². The zero-order valence-corrected chi connectivity index (χ0v) is 10.8. The van der Waals surface area contributed by atoms with Gasteiger partial charge in [-0.15, -0.1) is 0 Å². The van der Waals surface area contributed by atoms with Gasteiger partial charge in [-0.05, 0) is 25.5 Å². The van der Waals surface area contributed by atoms with Crippen molar-refractivity contribution in [2.45, 2.75) is 26.8 Å². The summed E-state index contributed by atoms with van der Waals surface area (Å²) >= 11 is 0. The van der Waals surface area contributed by atoms with E-state index in [4.69, 9.17) is 5.73 Å². The average Bonchev–Trinajstić information content (AvgIpc) is 2.60. The molecule has 1 aromatic carbocycles. The molecule has 96 valence electrons. The molecular formula is C14H18FN3. The highest BCUT2D eigenvalue weighted by molar-refractivity contribution is 5.32. The molecule has 0 radical (unpaired) electrons. The van der Waals surface area contributed by atoms with Gasteiger partial charge in [0.15, 0.2) is 0 Å². The molecule has 2 rings (SSSR count). The summed E-state index contributed by atoms with van der Waals surface area (Å²) in [4.78, 5) is 0. The van der Waals surface area contributed by atoms with Crippen LogP contribution < -0.4 is 5.73 Å². The highest BCUT2D eigenvalue weighted by atomic mass is 19.1. The molecule has 18 heavy (non-hydrogen) atoms. The van der Waals surface area contributed by atoms with E-state index in [0.717, 1.165) is 17.0 Å². The van der Waals surface area contributed by atoms with Crippen molar-refractivity contribution >= 4 is 0 Å². The van der Waals surface area contributed by atoms with Gasteiger partial charge in [0.1, 0.15) is 5.82 Å². The molecule has 2 N–H and O–H groups in total. The Balaban J connectivity index is 2.32. The van der Waals surface area contributed by atoms with Crippen LogP contribution in [-0.2, 0) is 13.0 Å². The second-order valence-electron chi connectivity index (χ2n) is 4.43. The Morgan fingerprint density at radius 2 is 2.00 bits per heavy atom. The van der Waals surface area contributed by atoms with E-state index >= 15 is 0 Å². The van der Waals surface area contributed by atoms with Gasteiger partial charge >= 0.3 is 0 Å². The van der Waals surface area contributed by atoms with E-state index < -0.39 is 0 Å². The van der Waals surface area contributed by atoms with E-state index in [1.807, 2.05) is 30.7 Å². The van der Waals surface area contributed by atoms with Crippen molar-refractivity contribution in [1.29, 1.82) is 0 Å². The number of rotatable bonds is 4. The highest BCUT2D eigenvalue weighted by Gasteiger charge is 2.13. The second-order valence-corrected chi connectivity index (χ2v) is 4.43. The quantitative estimate of drug-likeness (QED) is 0.900. The smallest absolute Gasteiger partial charge is 0.126 e. The van der Waals surface area contributed by atoms with Crippen LogP contribution in [0.2, 0.25) is 0 Å². The lowest BCUT2D eigenvalue weighted by atomic mass is 10.0. The lowest BCUT2D eigenvalue weighted by Gasteiger charge is -2.05. The van der Waals surface area contributed by atoms with Crippen LogP contribution in [0.5, 0.6) is 0 Å². The number of nitrogens with zero attached hydrogens (tertiary/aromatic N) is 2. The summed E-state index contributed by atoms with van der Waals surface area (Å²) in [5.74, 6) is -0.164. The van der Waals surface area contributed by atoms with Gasteiger partial charge in [0.25, 0.3) is 0 Å². The van der Waals surface area contributed by atoms with Crippen LogP contribution in [0.4, 0.5) is 4.39 Å². The predicted octanol–water partition coefficient (Wildman–Crippen LogP) is 2.19. The monoisotopic (exact) mass is 247 g/mol. The Bertz CT molecular complexity index is 546. The molecule has 0 unspecified atom stereocenters. The summed E-state index contributed by atoms with van der Waals surface area (Å²) in [7, 11) is 0. The van der Waals surface area contributed by atoms with E-state index in [0.29, 0.717) is 25.1 Å². The third-order valence-corrected chi connectivity index (χ3v) is 3.20. The molecule has 0 aliphatic heterocycles. The number of aryl methyl sites for hydroxylation is 1. The van der Waals surface area contributed by atoms with E-state index in [1.165, 1.54) is 6.07 Å². The number of aromatic nitrogens is 2. The molecule has 0 aliphatic carbocycles. The number of halogens is 1. The topological polar surface area (TPSA) is 43.8 Å². The van der Waals surface area contributed by atoms with Crippen molar-refractivity contribution in [1.82, 2.24) is 9.78 Å². The molecule has 0 fully saturated rings. The largest absolute Gasteiger partial charge is 0.329 e. The molecule has 0 saturated heterocycles. The first-order valence-electron chi connectivity index (χ1n) is 6.10. The molecule has 0 spiro atoms. The fourth-order valence-corrected chi connectivity index (χ4v) is 2.16. The standard InChI is InChI=1S/C14H18FN3/c1-10-13(11(2)18(17-10)8-7-16)9-12-5-3-4-6-14(12)15/h3-6H,7-9,16H2,1-2H3. The first-order chi connectivity index (χ1) is 8.63. The normalized spacial score (nSPS) is 10.9. The van der Waals surface area contributed by atoms with Crippen LogP contribution in [-0.4, -0.2) is 16.3 Å². The van der Waals surface area contributed by atoms with Gasteiger partial charge in [-0.1, -0.05) is 18.2 Å². The Morgan fingerprint density at radius 3 is 2.67 bits per heavy atom. The van der Waals surface area contributed by atoms with Gasteiger partial charge in [0.05, 0.1) is 12.2 Å². The van der Waals surface area contributed by atoms with Crippen molar-refractivity contribution in [3.05, 3.63) is 52.6 Å². The summed E-state index contributed by atoms with van der Waals surface area (Å²) in [6.07, 6.45) is 0.578. The number of hydrogen-bond donors (Lipinski definition) is 1. The summed E-state index contributed by atoms with van der Waals surface area (Å²) in [5.41, 5.74) is 9.36. The Morgan fingerprint density at radius 1 is 1.28 bits per heavy atom. The summed E-state index contributed by atoms with van der Waals surface area (Å²) in [6, 6.07) is 6.86. The minimum atomic E-state index is -0.164. The van der Waals surface area contributed by atoms with Gasteiger partial charge in [-0.2, -0.15) is 5.10 Å². The molecule has 0 atom stereocenters. The molecule has 0 aliphatic rings. The zero-order chi connectivity index (χ0) is 13.1. The van der Waals surface area contributed by atoms with Crippen molar-refractivity contribution in [2.75, 3.05) is 6.54 Å². The van der Waals surface area contributed by atoms with E-state index in [-0.39, 0.29) is 5.82 Å². The Labute approximate surface area is 106 Å². The molecule has 1 heterocycles. The van der Waals surface area contributed by atoms with Crippen LogP contribution in [0.3, 0.4) is 0 Å². The number of benzene rings is 1. The highest BCUT2D eigenvalue weighted by Crippen LogP contribution is 2.19. The predicted molar refractivity (Wildman–Crippen MR) is 70.0 cm³/mol. The van der Waals surface area contributed by atoms with Gasteiger partial charge in [-0.3, -0.25) is 4.68 Å². The first kappa shape index (κ1) is 12.8. The van der Waals surface area contributed by atoms with Crippen LogP contribution in [0.15, 0.2) is 24.3 Å². The summed E-state index contributed by atoms with van der Waals surface area (Å²) < 4.78 is 15.5. The number of nitrogens with two attached hydrogens (primary N) is 1. The van der Waals surface area contributed by atoms with Gasteiger partial charge < -0.3 is 5.73 Å². The van der Waals surface area contributed by atoms with Crippen LogP contribution in [0.1, 0.15) is 22.5 Å². The maximum absolute atomic E-state index is 13.6. The van der Waals surface area contributed by atoms with Gasteiger partial charge in [0, 0.05) is 24.2 Å². The SMILES string of the molecule is Cc1nn(CCN)c(C)c1Cc1ccccc1F. The van der Waals surface area contributed by atoms with E-state index in [2.05, 4.69) is 5.10 Å². The molecule has 0 amide bonds. The van der Waals surface area contributed by atoms with Crippen LogP contribution in [0, 0.1) is 19.7 Å². The van der Waals surface area contributed by atoms with Crippen molar-refractivity contribution in [3.63, 3.8) is 0 Å². The maximum atomic E-state index is 13.6. The second kappa shape index (κ2) is 5.31. The third-order valence-electron chi connectivity index (χ3n) is 3.20. The Hall–Kier alpha value is -1.68. The minimum Gasteiger partial charge on any atom is -0.329 e. The van der Waals surface area contributed by atoms with Gasteiger partial charge in [0.2, 0.25) is 0 Å². The molecular weight excluding hydrogens is 229 g/mol. The third kappa shape index (κ3) is 2.43. The number of hydrogen-bond acceptors (Lipinski definition) is 2. The van der Waals surface area contributed by atoms with Crippen LogP contribution in [0.25, 0.3) is 0 Å². The summed E-state index contributed by atoms with van der Waals surface area (Å²) in [5, 5.41) is 4.44. The lowest BCUT2D eigenvalue weighted by Crippen LogP contribution is -2.12. The molecule has 1 aromatic heterocycles. The maximum Gasteiger partial charge on any atom is 0.126 e. The van der Waals surface area contributed by atoms with Crippen LogP contribution >= 0.6 is 0 Å². The summed E-state index contributed by atoms with van der Waals surface area (Å²) in [6.45, 7) is 5.22. The molecule has 0 saturated carbocycles. The zero-order valence-electron chi connectivity index (χ0n) is 10.8. The lowest BCUT2D eigenvalue weighted by molar-refractivity contribution is 0.602. The van der Waals surface area contributed by atoms with E-state index in [9.17, 15) is 4.39 Å². The Kier molecular flexibility index (Phi) is 3.77. The fourth-order valence-electron chi connectivity index (χ4n) is 2.16. The van der Waals surface area contributed by atoms with Crippen molar-refractivity contribution in [3.8, 4) is 0 Å². The first-order valence-corrected chi connectivity index (χ1v) is 6.10. The van der Waals surface area contributed by atoms with Crippen molar-refractivity contribution in [2.24, 2.45) is 5.73 Å². The van der Waals surface area contributed by atoms with E-state index in [1.54, 1.807) is 6.07 Å². The fraction of sp³-hybridized carbons (Fsp3) is 0.357. The average molecular weight is 247 g/mol. The van der Waals surface area contributed by atoms with Gasteiger partial charge in [-0.25, -0.2) is 4.39 Å². The molecule has 4 heteroatoms. The molecule has 2 aromatic rings. The minimum absolute atomic E-state index is 0.164.